The summed E-state index contributed by atoms with van der Waals surface area (Å²) in [5, 5.41) is 4.01. The smallest absolute Gasteiger partial charge is 0.213 e. The van der Waals surface area contributed by atoms with Gasteiger partial charge in [0.25, 0.3) is 0 Å². The molecule has 1 aromatic heterocycles. The summed E-state index contributed by atoms with van der Waals surface area (Å²) < 4.78 is 1.56. The van der Waals surface area contributed by atoms with Crippen molar-refractivity contribution in [3.05, 3.63) is 48.0 Å². The summed E-state index contributed by atoms with van der Waals surface area (Å²) in [7, 11) is 0. The Morgan fingerprint density at radius 2 is 2.06 bits per heavy atom. The average Bonchev–Trinajstić information content (AvgIpc) is 2.77. The van der Waals surface area contributed by atoms with E-state index in [1.807, 2.05) is 30.3 Å². The van der Waals surface area contributed by atoms with Crippen LogP contribution in [0.3, 0.4) is 0 Å². The van der Waals surface area contributed by atoms with E-state index in [4.69, 9.17) is 5.73 Å². The van der Waals surface area contributed by atoms with Crippen LogP contribution in [-0.2, 0) is 6.54 Å². The van der Waals surface area contributed by atoms with Crippen molar-refractivity contribution >= 4 is 5.78 Å². The van der Waals surface area contributed by atoms with Crippen LogP contribution >= 0.6 is 0 Å². The lowest BCUT2D eigenvalue weighted by Crippen LogP contribution is -2.20. The second-order valence-corrected chi connectivity index (χ2v) is 3.35. The van der Waals surface area contributed by atoms with E-state index in [9.17, 15) is 4.79 Å². The maximum Gasteiger partial charge on any atom is 0.213 e. The molecular weight excluding hydrogens is 204 g/mol. The minimum Gasteiger partial charge on any atom is -0.324 e. The topological polar surface area (TPSA) is 73.8 Å². The first-order valence-electron chi connectivity index (χ1n) is 4.96. The van der Waals surface area contributed by atoms with Gasteiger partial charge >= 0.3 is 0 Å². The highest BCUT2D eigenvalue weighted by molar-refractivity contribution is 5.94. The van der Waals surface area contributed by atoms with E-state index >= 15 is 0 Å². The predicted molar refractivity (Wildman–Crippen MR) is 59.0 cm³/mol. The minimum atomic E-state index is -0.201. The zero-order chi connectivity index (χ0) is 11.4. The minimum absolute atomic E-state index is 0.0481. The van der Waals surface area contributed by atoms with Crippen LogP contribution in [0.15, 0.2) is 36.7 Å². The molecule has 0 fully saturated rings. The summed E-state index contributed by atoms with van der Waals surface area (Å²) in [6.45, 7) is 0.482. The van der Waals surface area contributed by atoms with Crippen molar-refractivity contribution in [3.8, 4) is 0 Å². The Morgan fingerprint density at radius 1 is 1.31 bits per heavy atom. The predicted octanol–water partition coefficient (Wildman–Crippen LogP) is 0.468. The summed E-state index contributed by atoms with van der Waals surface area (Å²) in [5.41, 5.74) is 6.36. The lowest BCUT2D eigenvalue weighted by Gasteiger charge is -2.04. The number of Topliss-reactive ketones (excluding diaryl/α,β-unsaturated/α-hetero) is 1. The van der Waals surface area contributed by atoms with Gasteiger partial charge in [0.05, 0.1) is 13.1 Å². The highest BCUT2D eigenvalue weighted by atomic mass is 16.1. The number of ketones is 1. The second-order valence-electron chi connectivity index (χ2n) is 3.35. The van der Waals surface area contributed by atoms with Crippen molar-refractivity contribution in [2.75, 3.05) is 6.54 Å². The molecule has 0 saturated carbocycles. The Hall–Kier alpha value is -2.01. The van der Waals surface area contributed by atoms with Crippen LogP contribution in [-0.4, -0.2) is 27.1 Å². The van der Waals surface area contributed by atoms with Crippen molar-refractivity contribution in [2.24, 2.45) is 5.73 Å². The van der Waals surface area contributed by atoms with Crippen LogP contribution in [0.4, 0.5) is 0 Å². The quantitative estimate of drug-likeness (QED) is 0.754. The summed E-state index contributed by atoms with van der Waals surface area (Å²) in [4.78, 5) is 15.3. The largest absolute Gasteiger partial charge is 0.324 e. The van der Waals surface area contributed by atoms with Crippen molar-refractivity contribution in [2.45, 2.75) is 6.54 Å². The highest BCUT2D eigenvalue weighted by Crippen LogP contribution is 2.03. The third-order valence-corrected chi connectivity index (χ3v) is 2.23. The van der Waals surface area contributed by atoms with E-state index in [0.29, 0.717) is 12.4 Å². The third-order valence-electron chi connectivity index (χ3n) is 2.23. The fraction of sp³-hybridized carbons (Fsp3) is 0.182. The third kappa shape index (κ3) is 2.14. The number of rotatable bonds is 4. The number of nitrogens with two attached hydrogens (primary N) is 1. The summed E-state index contributed by atoms with van der Waals surface area (Å²) >= 11 is 0. The molecule has 0 unspecified atom stereocenters. The molecule has 2 N–H and O–H groups in total. The normalized spacial score (nSPS) is 10.3. The van der Waals surface area contributed by atoms with Crippen LogP contribution in [0.5, 0.6) is 0 Å². The van der Waals surface area contributed by atoms with Crippen LogP contribution in [0.2, 0.25) is 0 Å². The fourth-order valence-corrected chi connectivity index (χ4v) is 1.44. The van der Waals surface area contributed by atoms with Gasteiger partial charge in [-0.3, -0.25) is 4.79 Å². The second kappa shape index (κ2) is 4.67. The average molecular weight is 216 g/mol. The van der Waals surface area contributed by atoms with Gasteiger partial charge in [0, 0.05) is 0 Å². The zero-order valence-electron chi connectivity index (χ0n) is 8.71. The number of nitrogens with zero attached hydrogens (tertiary/aromatic N) is 3. The Morgan fingerprint density at radius 3 is 2.75 bits per heavy atom. The Labute approximate surface area is 92.9 Å². The molecule has 16 heavy (non-hydrogen) atoms. The van der Waals surface area contributed by atoms with Gasteiger partial charge in [-0.15, -0.1) is 0 Å². The van der Waals surface area contributed by atoms with Crippen molar-refractivity contribution in [1.29, 1.82) is 0 Å². The Balaban J connectivity index is 2.22. The molecule has 0 aliphatic rings. The zero-order valence-corrected chi connectivity index (χ0v) is 8.71. The van der Waals surface area contributed by atoms with Gasteiger partial charge in [0.1, 0.15) is 6.33 Å². The van der Waals surface area contributed by atoms with E-state index in [-0.39, 0.29) is 12.3 Å². The molecule has 0 saturated heterocycles. The molecule has 0 aliphatic heterocycles. The van der Waals surface area contributed by atoms with Crippen molar-refractivity contribution < 1.29 is 4.79 Å². The first-order chi connectivity index (χ1) is 7.81. The number of carbonyl (C=O) groups excluding carboxylic acids is 1. The Kier molecular flexibility index (Phi) is 3.07. The monoisotopic (exact) mass is 216 g/mol. The molecular formula is C11H12N4O. The lowest BCUT2D eigenvalue weighted by molar-refractivity contribution is 0.0986. The van der Waals surface area contributed by atoms with Gasteiger partial charge in [-0.1, -0.05) is 30.3 Å². The van der Waals surface area contributed by atoms with E-state index in [0.717, 1.165) is 5.56 Å². The van der Waals surface area contributed by atoms with E-state index < -0.39 is 0 Å². The molecule has 0 radical (unpaired) electrons. The molecule has 1 heterocycles. The van der Waals surface area contributed by atoms with E-state index in [1.165, 1.54) is 6.33 Å². The molecule has 2 rings (SSSR count). The summed E-state index contributed by atoms with van der Waals surface area (Å²) in [6.07, 6.45) is 1.37. The van der Waals surface area contributed by atoms with Gasteiger partial charge in [0.2, 0.25) is 5.78 Å². The molecule has 0 amide bonds. The molecule has 2 aromatic rings. The van der Waals surface area contributed by atoms with Gasteiger partial charge in [-0.25, -0.2) is 9.67 Å². The number of hydrogen-bond donors (Lipinski definition) is 1. The molecule has 1 aromatic carbocycles. The first-order valence-corrected chi connectivity index (χ1v) is 4.96. The SMILES string of the molecule is NCC(=O)c1ncnn1Cc1ccccc1. The van der Waals surface area contributed by atoms with Crippen LogP contribution in [0.1, 0.15) is 16.2 Å². The van der Waals surface area contributed by atoms with Crippen molar-refractivity contribution in [3.63, 3.8) is 0 Å². The van der Waals surface area contributed by atoms with Gasteiger partial charge in [-0.2, -0.15) is 5.10 Å². The highest BCUT2D eigenvalue weighted by Gasteiger charge is 2.11. The van der Waals surface area contributed by atoms with E-state index in [1.54, 1.807) is 4.68 Å². The molecule has 82 valence electrons. The standard InChI is InChI=1S/C11H12N4O/c12-6-10(16)11-13-8-14-15(11)7-9-4-2-1-3-5-9/h1-5,8H,6-7,12H2. The van der Waals surface area contributed by atoms with Crippen molar-refractivity contribution in [1.82, 2.24) is 14.8 Å². The van der Waals surface area contributed by atoms with Crippen LogP contribution < -0.4 is 5.73 Å². The van der Waals surface area contributed by atoms with Gasteiger partial charge in [0.15, 0.2) is 5.82 Å². The van der Waals surface area contributed by atoms with Gasteiger partial charge < -0.3 is 5.73 Å². The molecule has 0 bridgehead atoms. The van der Waals surface area contributed by atoms with Gasteiger partial charge in [-0.05, 0) is 5.56 Å². The molecule has 0 aliphatic carbocycles. The van der Waals surface area contributed by atoms with E-state index in [2.05, 4.69) is 10.1 Å². The molecule has 5 nitrogen and oxygen atoms in total. The number of hydrogen-bond acceptors (Lipinski definition) is 4. The van der Waals surface area contributed by atoms with Crippen LogP contribution in [0, 0.1) is 0 Å². The maximum atomic E-state index is 11.4. The fourth-order valence-electron chi connectivity index (χ4n) is 1.44. The number of benzene rings is 1. The maximum absolute atomic E-state index is 11.4. The summed E-state index contributed by atoms with van der Waals surface area (Å²) in [6, 6.07) is 9.76. The molecule has 0 spiro atoms. The number of aromatic nitrogens is 3. The molecule has 0 atom stereocenters. The Bertz CT molecular complexity index is 478. The van der Waals surface area contributed by atoms with Crippen LogP contribution in [0.25, 0.3) is 0 Å². The lowest BCUT2D eigenvalue weighted by atomic mass is 10.2. The number of carbonyl (C=O) groups is 1. The first kappa shape index (κ1) is 10.5. The summed E-state index contributed by atoms with van der Waals surface area (Å²) in [5.74, 6) is 0.111. The molecule has 5 heteroatoms.